The Kier molecular flexibility index (Phi) is 6.75. The van der Waals surface area contributed by atoms with E-state index in [2.05, 4.69) is 96.7 Å². The van der Waals surface area contributed by atoms with Crippen molar-refractivity contribution in [3.63, 3.8) is 0 Å². The molecule has 2 aromatic carbocycles. The standard InChI is InChI=1S/C25H31IN6O/c1-29-18-30(15-19-6-5-8-21(14-19)33-2)17-23-24(29)28-25(31-12-10-27-11-13-31)32(23)16-20-7-3-4-9-22(20)26/h3-9,14,27H,10-13,15-18H2,1-2H3. The van der Waals surface area contributed by atoms with Crippen LogP contribution in [-0.2, 0) is 19.6 Å². The van der Waals surface area contributed by atoms with Gasteiger partial charge in [0.05, 0.1) is 26.0 Å². The Morgan fingerprint density at radius 1 is 1.06 bits per heavy atom. The third-order valence-corrected chi connectivity index (χ3v) is 7.46. The summed E-state index contributed by atoms with van der Waals surface area (Å²) in [5.41, 5.74) is 3.89. The van der Waals surface area contributed by atoms with Crippen molar-refractivity contribution >= 4 is 34.4 Å². The molecule has 3 heterocycles. The van der Waals surface area contributed by atoms with Crippen molar-refractivity contribution < 1.29 is 4.74 Å². The summed E-state index contributed by atoms with van der Waals surface area (Å²) in [7, 11) is 3.88. The smallest absolute Gasteiger partial charge is 0.208 e. The summed E-state index contributed by atoms with van der Waals surface area (Å²) < 4.78 is 9.18. The lowest BCUT2D eigenvalue weighted by molar-refractivity contribution is 0.240. The van der Waals surface area contributed by atoms with Gasteiger partial charge in [-0.2, -0.15) is 4.98 Å². The molecule has 2 aliphatic rings. The van der Waals surface area contributed by atoms with Crippen LogP contribution in [0.2, 0.25) is 0 Å². The summed E-state index contributed by atoms with van der Waals surface area (Å²) in [5.74, 6) is 3.11. The second-order valence-electron chi connectivity index (χ2n) is 8.77. The molecule has 174 valence electrons. The highest BCUT2D eigenvalue weighted by molar-refractivity contribution is 14.1. The Morgan fingerprint density at radius 3 is 2.67 bits per heavy atom. The van der Waals surface area contributed by atoms with E-state index in [0.717, 1.165) is 70.0 Å². The van der Waals surface area contributed by atoms with Crippen molar-refractivity contribution in [1.29, 1.82) is 0 Å². The predicted molar refractivity (Wildman–Crippen MR) is 141 cm³/mol. The monoisotopic (exact) mass is 558 g/mol. The summed E-state index contributed by atoms with van der Waals surface area (Å²) in [6.45, 7) is 7.40. The Balaban J connectivity index is 1.49. The van der Waals surface area contributed by atoms with Crippen LogP contribution in [-0.4, -0.2) is 61.5 Å². The third-order valence-electron chi connectivity index (χ3n) is 6.40. The molecule has 5 rings (SSSR count). The average molecular weight is 558 g/mol. The molecule has 0 bridgehead atoms. The highest BCUT2D eigenvalue weighted by Gasteiger charge is 2.30. The molecule has 3 aromatic rings. The molecule has 0 aliphatic carbocycles. The van der Waals surface area contributed by atoms with E-state index in [0.29, 0.717) is 0 Å². The fraction of sp³-hybridized carbons (Fsp3) is 0.400. The molecule has 1 N–H and O–H groups in total. The number of halogens is 1. The number of aromatic nitrogens is 2. The topological polar surface area (TPSA) is 48.8 Å². The van der Waals surface area contributed by atoms with Crippen molar-refractivity contribution in [2.75, 3.05) is 56.8 Å². The maximum Gasteiger partial charge on any atom is 0.208 e. The number of benzene rings is 2. The molecule has 0 spiro atoms. The van der Waals surface area contributed by atoms with Gasteiger partial charge in [-0.25, -0.2) is 0 Å². The van der Waals surface area contributed by atoms with E-state index in [9.17, 15) is 0 Å². The van der Waals surface area contributed by atoms with Crippen LogP contribution in [0.15, 0.2) is 48.5 Å². The number of hydrogen-bond acceptors (Lipinski definition) is 6. The Bertz CT molecular complexity index is 1110. The van der Waals surface area contributed by atoms with E-state index in [1.807, 2.05) is 6.07 Å². The van der Waals surface area contributed by atoms with Gasteiger partial charge in [0.15, 0.2) is 5.82 Å². The zero-order chi connectivity index (χ0) is 22.8. The SMILES string of the molecule is COc1cccc(CN2Cc3c(nc(N4CCNCC4)n3Cc3ccccc3I)N(C)C2)c1. The molecular formula is C25H31IN6O. The quantitative estimate of drug-likeness (QED) is 0.469. The normalized spacial score (nSPS) is 16.7. The molecule has 0 atom stereocenters. The van der Waals surface area contributed by atoms with Crippen LogP contribution >= 0.6 is 22.6 Å². The number of fused-ring (bicyclic) bond motifs is 1. The number of ether oxygens (including phenoxy) is 1. The van der Waals surface area contributed by atoms with Crippen molar-refractivity contribution in [1.82, 2.24) is 19.8 Å². The minimum absolute atomic E-state index is 0.835. The van der Waals surface area contributed by atoms with E-state index in [-0.39, 0.29) is 0 Å². The minimum atomic E-state index is 0.835. The molecule has 0 saturated carbocycles. The lowest BCUT2D eigenvalue weighted by Crippen LogP contribution is -2.44. The van der Waals surface area contributed by atoms with Gasteiger partial charge in [-0.05, 0) is 51.9 Å². The van der Waals surface area contributed by atoms with E-state index < -0.39 is 0 Å². The summed E-state index contributed by atoms with van der Waals surface area (Å²) >= 11 is 2.45. The number of nitrogens with zero attached hydrogens (tertiary/aromatic N) is 5. The van der Waals surface area contributed by atoms with Crippen molar-refractivity contribution in [3.8, 4) is 5.75 Å². The Labute approximate surface area is 209 Å². The van der Waals surface area contributed by atoms with Crippen LogP contribution in [0.1, 0.15) is 16.8 Å². The molecular weight excluding hydrogens is 527 g/mol. The van der Waals surface area contributed by atoms with Crippen LogP contribution in [0.5, 0.6) is 5.75 Å². The second-order valence-corrected chi connectivity index (χ2v) is 9.94. The van der Waals surface area contributed by atoms with Gasteiger partial charge in [0.1, 0.15) is 5.75 Å². The van der Waals surface area contributed by atoms with Gasteiger partial charge in [-0.15, -0.1) is 0 Å². The van der Waals surface area contributed by atoms with Gasteiger partial charge in [-0.3, -0.25) is 4.90 Å². The van der Waals surface area contributed by atoms with E-state index >= 15 is 0 Å². The van der Waals surface area contributed by atoms with Crippen LogP contribution in [0.3, 0.4) is 0 Å². The number of nitrogens with one attached hydrogen (secondary N) is 1. The molecule has 2 aliphatic heterocycles. The molecule has 1 saturated heterocycles. The van der Waals surface area contributed by atoms with Crippen LogP contribution in [0, 0.1) is 3.57 Å². The van der Waals surface area contributed by atoms with Gasteiger partial charge in [0.25, 0.3) is 0 Å². The number of anilines is 2. The molecule has 0 unspecified atom stereocenters. The van der Waals surface area contributed by atoms with Gasteiger partial charge < -0.3 is 24.4 Å². The summed E-state index contributed by atoms with van der Waals surface area (Å²) in [6.07, 6.45) is 0. The average Bonchev–Trinajstić information content (AvgIpc) is 3.20. The van der Waals surface area contributed by atoms with Crippen LogP contribution in [0.25, 0.3) is 0 Å². The molecule has 33 heavy (non-hydrogen) atoms. The molecule has 1 fully saturated rings. The minimum Gasteiger partial charge on any atom is -0.497 e. The molecule has 1 aromatic heterocycles. The number of hydrogen-bond donors (Lipinski definition) is 1. The zero-order valence-corrected chi connectivity index (χ0v) is 21.5. The zero-order valence-electron chi connectivity index (χ0n) is 19.3. The predicted octanol–water partition coefficient (Wildman–Crippen LogP) is 3.36. The van der Waals surface area contributed by atoms with E-state index in [4.69, 9.17) is 9.72 Å². The first kappa shape index (κ1) is 22.5. The van der Waals surface area contributed by atoms with Crippen molar-refractivity contribution in [2.24, 2.45) is 0 Å². The fourth-order valence-corrected chi connectivity index (χ4v) is 5.31. The van der Waals surface area contributed by atoms with Crippen molar-refractivity contribution in [2.45, 2.75) is 19.6 Å². The van der Waals surface area contributed by atoms with E-state index in [1.54, 1.807) is 7.11 Å². The number of piperazine rings is 1. The van der Waals surface area contributed by atoms with Gasteiger partial charge in [0.2, 0.25) is 5.95 Å². The summed E-state index contributed by atoms with van der Waals surface area (Å²) in [4.78, 5) is 12.4. The lowest BCUT2D eigenvalue weighted by Gasteiger charge is -2.34. The highest BCUT2D eigenvalue weighted by atomic mass is 127. The number of methoxy groups -OCH3 is 1. The summed E-state index contributed by atoms with van der Waals surface area (Å²) in [6, 6.07) is 17.0. The molecule has 7 nitrogen and oxygen atoms in total. The molecule has 0 amide bonds. The Hall–Kier alpha value is -2.30. The maximum absolute atomic E-state index is 5.43. The first-order valence-corrected chi connectivity index (χ1v) is 12.5. The van der Waals surface area contributed by atoms with Gasteiger partial charge >= 0.3 is 0 Å². The first-order chi connectivity index (χ1) is 16.1. The van der Waals surface area contributed by atoms with Gasteiger partial charge in [-0.1, -0.05) is 30.3 Å². The fourth-order valence-electron chi connectivity index (χ4n) is 4.76. The van der Waals surface area contributed by atoms with Crippen LogP contribution < -0.4 is 19.9 Å². The summed E-state index contributed by atoms with van der Waals surface area (Å²) in [5, 5.41) is 3.47. The maximum atomic E-state index is 5.43. The third kappa shape index (κ3) is 4.83. The Morgan fingerprint density at radius 2 is 1.88 bits per heavy atom. The van der Waals surface area contributed by atoms with Crippen LogP contribution in [0.4, 0.5) is 11.8 Å². The number of imidazole rings is 1. The second kappa shape index (κ2) is 9.90. The highest BCUT2D eigenvalue weighted by Crippen LogP contribution is 2.33. The lowest BCUT2D eigenvalue weighted by atomic mass is 10.2. The van der Waals surface area contributed by atoms with Crippen molar-refractivity contribution in [3.05, 3.63) is 68.9 Å². The molecule has 8 heteroatoms. The number of rotatable bonds is 6. The molecule has 0 radical (unpaired) electrons. The van der Waals surface area contributed by atoms with Gasteiger partial charge in [0, 0.05) is 49.9 Å². The van der Waals surface area contributed by atoms with E-state index in [1.165, 1.54) is 20.4 Å². The first-order valence-electron chi connectivity index (χ1n) is 11.5. The largest absolute Gasteiger partial charge is 0.497 e.